The van der Waals surface area contributed by atoms with Gasteiger partial charge in [0.05, 0.1) is 0 Å². The van der Waals surface area contributed by atoms with Crippen LogP contribution in [0.15, 0.2) is 17.3 Å². The van der Waals surface area contributed by atoms with Crippen LogP contribution in [0.3, 0.4) is 0 Å². The highest BCUT2D eigenvalue weighted by Crippen LogP contribution is 2.28. The van der Waals surface area contributed by atoms with Crippen LogP contribution in [0.25, 0.3) is 0 Å². The van der Waals surface area contributed by atoms with Gasteiger partial charge in [0.15, 0.2) is 5.84 Å². The number of likely N-dealkylation sites (tertiary alicyclic amines) is 1. The van der Waals surface area contributed by atoms with E-state index in [1.807, 2.05) is 7.05 Å². The summed E-state index contributed by atoms with van der Waals surface area (Å²) in [7, 11) is 3.68. The minimum absolute atomic E-state index is 0.0189. The van der Waals surface area contributed by atoms with E-state index in [0.29, 0.717) is 0 Å². The average molecular weight is 298 g/mol. The summed E-state index contributed by atoms with van der Waals surface area (Å²) in [5, 5.41) is 11.3. The number of benzene rings is 1. The second kappa shape index (κ2) is 6.26. The smallest absolute Gasteiger partial charge is 0.170 e. The predicted molar refractivity (Wildman–Crippen MR) is 77.8 cm³/mol. The van der Waals surface area contributed by atoms with E-state index in [2.05, 4.69) is 10.1 Å². The first-order valence-corrected chi connectivity index (χ1v) is 6.82. The summed E-state index contributed by atoms with van der Waals surface area (Å²) in [6.45, 7) is 1.76. The van der Waals surface area contributed by atoms with E-state index in [4.69, 9.17) is 10.9 Å². The maximum Gasteiger partial charge on any atom is 0.170 e. The van der Waals surface area contributed by atoms with Crippen LogP contribution in [-0.2, 0) is 0 Å². The van der Waals surface area contributed by atoms with Crippen LogP contribution < -0.4 is 10.6 Å². The summed E-state index contributed by atoms with van der Waals surface area (Å²) in [4.78, 5) is 3.78. The molecule has 0 spiro atoms. The van der Waals surface area contributed by atoms with Crippen molar-refractivity contribution in [3.63, 3.8) is 0 Å². The van der Waals surface area contributed by atoms with Gasteiger partial charge in [-0.05, 0) is 38.6 Å². The number of anilines is 1. The molecule has 0 bridgehead atoms. The van der Waals surface area contributed by atoms with Crippen LogP contribution in [0.2, 0.25) is 0 Å². The fraction of sp³-hybridized carbons (Fsp3) is 0.500. The normalized spacial score (nSPS) is 20.6. The molecule has 1 unspecified atom stereocenters. The molecule has 1 aliphatic rings. The van der Waals surface area contributed by atoms with Crippen LogP contribution in [0.4, 0.5) is 14.5 Å². The predicted octanol–water partition coefficient (Wildman–Crippen LogP) is 1.59. The van der Waals surface area contributed by atoms with Gasteiger partial charge >= 0.3 is 0 Å². The number of halogens is 2. The zero-order valence-corrected chi connectivity index (χ0v) is 12.2. The Morgan fingerprint density at radius 1 is 1.43 bits per heavy atom. The topological polar surface area (TPSA) is 65.1 Å². The minimum atomic E-state index is -0.715. The molecule has 7 heteroatoms. The van der Waals surface area contributed by atoms with E-state index in [1.54, 1.807) is 11.9 Å². The summed E-state index contributed by atoms with van der Waals surface area (Å²) >= 11 is 0. The number of piperidine rings is 1. The van der Waals surface area contributed by atoms with Crippen LogP contribution in [0, 0.1) is 11.6 Å². The van der Waals surface area contributed by atoms with Crippen LogP contribution in [0.1, 0.15) is 18.4 Å². The first kappa shape index (κ1) is 15.5. The number of hydrogen-bond acceptors (Lipinski definition) is 4. The molecule has 1 aromatic rings. The van der Waals surface area contributed by atoms with Gasteiger partial charge in [0.25, 0.3) is 0 Å². The van der Waals surface area contributed by atoms with Gasteiger partial charge < -0.3 is 20.7 Å². The number of hydrogen-bond donors (Lipinski definition) is 2. The van der Waals surface area contributed by atoms with E-state index in [1.165, 1.54) is 0 Å². The molecule has 21 heavy (non-hydrogen) atoms. The van der Waals surface area contributed by atoms with E-state index < -0.39 is 11.6 Å². The SMILES string of the molecule is CN1CCCC(N(C)c2c(F)cc(C(N)=NO)cc2F)C1. The van der Waals surface area contributed by atoms with Crippen molar-refractivity contribution in [1.29, 1.82) is 0 Å². The minimum Gasteiger partial charge on any atom is -0.409 e. The lowest BCUT2D eigenvalue weighted by molar-refractivity contribution is 0.247. The van der Waals surface area contributed by atoms with Gasteiger partial charge in [-0.25, -0.2) is 8.78 Å². The lowest BCUT2D eigenvalue weighted by atomic mass is 10.0. The molecule has 1 aromatic carbocycles. The molecular formula is C14H20F2N4O. The summed E-state index contributed by atoms with van der Waals surface area (Å²) in [6, 6.07) is 2.22. The fourth-order valence-electron chi connectivity index (χ4n) is 2.75. The molecule has 1 heterocycles. The first-order chi connectivity index (χ1) is 9.93. The van der Waals surface area contributed by atoms with Crippen molar-refractivity contribution >= 4 is 11.5 Å². The van der Waals surface area contributed by atoms with Crippen molar-refractivity contribution in [1.82, 2.24) is 4.90 Å². The zero-order chi connectivity index (χ0) is 15.6. The highest BCUT2D eigenvalue weighted by molar-refractivity contribution is 5.97. The van der Waals surface area contributed by atoms with Gasteiger partial charge in [0.1, 0.15) is 17.3 Å². The third kappa shape index (κ3) is 3.24. The van der Waals surface area contributed by atoms with Gasteiger partial charge in [-0.15, -0.1) is 0 Å². The Kier molecular flexibility index (Phi) is 4.62. The molecular weight excluding hydrogens is 278 g/mol. The van der Waals surface area contributed by atoms with Gasteiger partial charge in [-0.1, -0.05) is 5.16 Å². The van der Waals surface area contributed by atoms with Crippen LogP contribution in [0.5, 0.6) is 0 Å². The van der Waals surface area contributed by atoms with Crippen molar-refractivity contribution in [2.75, 3.05) is 32.1 Å². The van der Waals surface area contributed by atoms with Crippen molar-refractivity contribution in [3.8, 4) is 0 Å². The Hall–Kier alpha value is -1.89. The van der Waals surface area contributed by atoms with E-state index in [-0.39, 0.29) is 23.1 Å². The Morgan fingerprint density at radius 2 is 2.05 bits per heavy atom. The molecule has 1 saturated heterocycles. The Labute approximate surface area is 122 Å². The first-order valence-electron chi connectivity index (χ1n) is 6.82. The summed E-state index contributed by atoms with van der Waals surface area (Å²) in [5.41, 5.74) is 5.31. The average Bonchev–Trinajstić information content (AvgIpc) is 2.45. The highest BCUT2D eigenvalue weighted by atomic mass is 19.1. The third-order valence-corrected chi connectivity index (χ3v) is 3.92. The second-order valence-corrected chi connectivity index (χ2v) is 5.44. The molecule has 0 amide bonds. The molecule has 5 nitrogen and oxygen atoms in total. The summed E-state index contributed by atoms with van der Waals surface area (Å²) in [5.74, 6) is -1.75. The number of nitrogens with zero attached hydrogens (tertiary/aromatic N) is 3. The molecule has 0 aromatic heterocycles. The van der Waals surface area contributed by atoms with Crippen LogP contribution >= 0.6 is 0 Å². The molecule has 116 valence electrons. The quantitative estimate of drug-likeness (QED) is 0.385. The van der Waals surface area contributed by atoms with Gasteiger partial charge in [0.2, 0.25) is 0 Å². The number of nitrogens with two attached hydrogens (primary N) is 1. The van der Waals surface area contributed by atoms with Gasteiger partial charge in [0, 0.05) is 25.2 Å². The fourth-order valence-corrected chi connectivity index (χ4v) is 2.75. The van der Waals surface area contributed by atoms with Crippen molar-refractivity contribution in [3.05, 3.63) is 29.3 Å². The van der Waals surface area contributed by atoms with Crippen molar-refractivity contribution in [2.24, 2.45) is 10.9 Å². The van der Waals surface area contributed by atoms with Crippen molar-refractivity contribution < 1.29 is 14.0 Å². The standard InChI is InChI=1S/C14H20F2N4O/c1-19-5-3-4-10(8-19)20(2)13-11(15)6-9(7-12(13)16)14(17)18-21/h6-7,10,21H,3-5,8H2,1-2H3,(H2,17,18). The largest absolute Gasteiger partial charge is 0.409 e. The monoisotopic (exact) mass is 298 g/mol. The van der Waals surface area contributed by atoms with E-state index in [0.717, 1.165) is 38.1 Å². The lowest BCUT2D eigenvalue weighted by Gasteiger charge is -2.37. The second-order valence-electron chi connectivity index (χ2n) is 5.44. The molecule has 0 radical (unpaired) electrons. The number of oxime groups is 1. The molecule has 3 N–H and O–H groups in total. The number of likely N-dealkylation sites (N-methyl/N-ethyl adjacent to an activating group) is 2. The highest BCUT2D eigenvalue weighted by Gasteiger charge is 2.25. The zero-order valence-electron chi connectivity index (χ0n) is 12.2. The molecule has 0 aliphatic carbocycles. The Balaban J connectivity index is 2.31. The van der Waals surface area contributed by atoms with E-state index in [9.17, 15) is 8.78 Å². The summed E-state index contributed by atoms with van der Waals surface area (Å²) in [6.07, 6.45) is 1.89. The summed E-state index contributed by atoms with van der Waals surface area (Å²) < 4.78 is 28.4. The van der Waals surface area contributed by atoms with E-state index >= 15 is 0 Å². The van der Waals surface area contributed by atoms with Gasteiger partial charge in [-0.2, -0.15) is 0 Å². The number of rotatable bonds is 3. The number of amidine groups is 1. The molecule has 2 rings (SSSR count). The lowest BCUT2D eigenvalue weighted by Crippen LogP contribution is -2.45. The molecule has 1 atom stereocenters. The molecule has 0 saturated carbocycles. The maximum absolute atomic E-state index is 14.2. The molecule has 1 aliphatic heterocycles. The Morgan fingerprint density at radius 3 is 2.57 bits per heavy atom. The maximum atomic E-state index is 14.2. The molecule has 1 fully saturated rings. The van der Waals surface area contributed by atoms with Crippen LogP contribution in [-0.4, -0.2) is 49.2 Å². The van der Waals surface area contributed by atoms with Crippen molar-refractivity contribution in [2.45, 2.75) is 18.9 Å². The van der Waals surface area contributed by atoms with Gasteiger partial charge in [-0.3, -0.25) is 0 Å². The Bertz CT molecular complexity index is 527. The third-order valence-electron chi connectivity index (χ3n) is 3.92.